The van der Waals surface area contributed by atoms with Crippen LogP contribution in [0.4, 0.5) is 0 Å². The van der Waals surface area contributed by atoms with Gasteiger partial charge in [-0.2, -0.15) is 0 Å². The largest absolute Gasteiger partial charge is 0.354 e. The maximum atomic E-state index is 5.63. The fraction of sp³-hybridized carbons (Fsp3) is 0.778. The maximum Gasteiger partial charge on any atom is 0.148 e. The molecule has 0 unspecified atom stereocenters. The second-order valence-electron chi connectivity index (χ2n) is 2.62. The van der Waals surface area contributed by atoms with Gasteiger partial charge in [-0.25, -0.2) is 0 Å². The molecule has 2 nitrogen and oxygen atoms in total. The predicted molar refractivity (Wildman–Crippen MR) is 55.0 cm³/mol. The van der Waals surface area contributed by atoms with E-state index in [0.29, 0.717) is 13.2 Å². The number of hydrogen-bond donors (Lipinski definition) is 0. The molecule has 72 valence electrons. The summed E-state index contributed by atoms with van der Waals surface area (Å²) in [6.07, 6.45) is 0.924. The first kappa shape index (κ1) is 11.9. The van der Waals surface area contributed by atoms with E-state index in [1.165, 1.54) is 0 Å². The van der Waals surface area contributed by atoms with E-state index in [1.54, 1.807) is 0 Å². The highest BCUT2D eigenvalue weighted by molar-refractivity contribution is 6.45. The molecule has 0 atom stereocenters. The molecule has 0 aliphatic carbocycles. The Morgan fingerprint density at radius 2 is 1.75 bits per heavy atom. The van der Waals surface area contributed by atoms with Gasteiger partial charge in [-0.1, -0.05) is 6.92 Å². The van der Waals surface area contributed by atoms with Crippen LogP contribution in [0.3, 0.4) is 0 Å². The lowest BCUT2D eigenvalue weighted by Gasteiger charge is -2.31. The lowest BCUT2D eigenvalue weighted by Crippen LogP contribution is -2.41. The Kier molecular flexibility index (Phi) is 6.33. The van der Waals surface area contributed by atoms with Gasteiger partial charge in [0.15, 0.2) is 0 Å². The summed E-state index contributed by atoms with van der Waals surface area (Å²) in [5.41, 5.74) is 1.69. The zero-order valence-corrected chi connectivity index (χ0v) is 9.84. The Morgan fingerprint density at radius 3 is 2.00 bits per heavy atom. The van der Waals surface area contributed by atoms with Gasteiger partial charge in [-0.15, -0.1) is 12.3 Å². The first-order valence-corrected chi connectivity index (χ1v) is 6.15. The maximum absolute atomic E-state index is 5.63. The van der Waals surface area contributed by atoms with Crippen molar-refractivity contribution in [1.29, 1.82) is 0 Å². The van der Waals surface area contributed by atoms with E-state index >= 15 is 0 Å². The van der Waals surface area contributed by atoms with Crippen molar-refractivity contribution in [2.24, 2.45) is 0 Å². The van der Waals surface area contributed by atoms with Crippen LogP contribution in [0.15, 0.2) is 12.3 Å². The van der Waals surface area contributed by atoms with E-state index in [9.17, 15) is 0 Å². The number of rotatable bonds is 7. The zero-order chi connectivity index (χ0) is 9.45. The minimum absolute atomic E-state index is 0.286. The minimum Gasteiger partial charge on any atom is -0.354 e. The first-order valence-electron chi connectivity index (χ1n) is 4.63. The molecule has 0 fully saturated rings. The monoisotopic (exact) mass is 188 g/mol. The van der Waals surface area contributed by atoms with Crippen molar-refractivity contribution in [3.63, 3.8) is 0 Å². The highest BCUT2D eigenvalue weighted by atomic mass is 28.2. The van der Waals surface area contributed by atoms with Crippen LogP contribution in [0, 0.1) is 0 Å². The molecule has 0 aromatic heterocycles. The Hall–Kier alpha value is -0.123. The molecule has 0 heterocycles. The standard InChI is InChI=1S/C9H20O2Si/c1-5-9(10-6-2,11-7-3)12-8-4/h8H,4-7,12H2,1-3H3. The molecule has 0 saturated heterocycles. The van der Waals surface area contributed by atoms with Crippen molar-refractivity contribution < 1.29 is 9.47 Å². The van der Waals surface area contributed by atoms with Gasteiger partial charge in [0, 0.05) is 13.2 Å². The van der Waals surface area contributed by atoms with Crippen LogP contribution in [-0.2, 0) is 9.47 Å². The second-order valence-corrected chi connectivity index (χ2v) is 4.69. The average Bonchev–Trinajstić information content (AvgIpc) is 2.06. The van der Waals surface area contributed by atoms with Gasteiger partial charge in [-0.05, 0) is 20.3 Å². The minimum atomic E-state index is -0.474. The van der Waals surface area contributed by atoms with E-state index < -0.39 is 9.52 Å². The van der Waals surface area contributed by atoms with E-state index in [0.717, 1.165) is 6.42 Å². The van der Waals surface area contributed by atoms with Crippen LogP contribution in [0.2, 0.25) is 0 Å². The molecule has 0 amide bonds. The molecule has 12 heavy (non-hydrogen) atoms. The lowest BCUT2D eigenvalue weighted by molar-refractivity contribution is -0.176. The van der Waals surface area contributed by atoms with E-state index in [2.05, 4.69) is 13.5 Å². The highest BCUT2D eigenvalue weighted by Crippen LogP contribution is 2.16. The van der Waals surface area contributed by atoms with Crippen molar-refractivity contribution in [3.05, 3.63) is 12.3 Å². The van der Waals surface area contributed by atoms with Crippen molar-refractivity contribution >= 4 is 9.52 Å². The fourth-order valence-corrected chi connectivity index (χ4v) is 2.63. The van der Waals surface area contributed by atoms with E-state index in [1.807, 2.05) is 19.5 Å². The first-order chi connectivity index (χ1) is 5.74. The third kappa shape index (κ3) is 3.52. The molecule has 0 saturated carbocycles. The summed E-state index contributed by atoms with van der Waals surface area (Å²) in [5, 5.41) is 0. The van der Waals surface area contributed by atoms with Crippen LogP contribution >= 0.6 is 0 Å². The SMILES string of the molecule is C=C[SiH2]C(CC)(OCC)OCC. The topological polar surface area (TPSA) is 18.5 Å². The fourth-order valence-electron chi connectivity index (χ4n) is 1.25. The summed E-state index contributed by atoms with van der Waals surface area (Å²) >= 11 is 0. The Labute approximate surface area is 77.8 Å². The molecular weight excluding hydrogens is 168 g/mol. The molecule has 0 bridgehead atoms. The summed E-state index contributed by atoms with van der Waals surface area (Å²) < 4.78 is 11.3. The summed E-state index contributed by atoms with van der Waals surface area (Å²) in [7, 11) is -0.474. The Balaban J connectivity index is 4.15. The van der Waals surface area contributed by atoms with Crippen LogP contribution < -0.4 is 0 Å². The van der Waals surface area contributed by atoms with Gasteiger partial charge in [0.2, 0.25) is 0 Å². The molecular formula is C9H20O2Si. The van der Waals surface area contributed by atoms with E-state index in [-0.39, 0.29) is 5.41 Å². The van der Waals surface area contributed by atoms with Gasteiger partial charge in [0.1, 0.15) is 14.9 Å². The average molecular weight is 188 g/mol. The van der Waals surface area contributed by atoms with Crippen LogP contribution in [0.25, 0.3) is 0 Å². The summed E-state index contributed by atoms with van der Waals surface area (Å²) in [4.78, 5) is 0. The summed E-state index contributed by atoms with van der Waals surface area (Å²) in [6, 6.07) is 0. The molecule has 0 aromatic rings. The number of ether oxygens (including phenoxy) is 2. The molecule has 0 aromatic carbocycles. The molecule has 0 N–H and O–H groups in total. The van der Waals surface area contributed by atoms with Crippen molar-refractivity contribution in [1.82, 2.24) is 0 Å². The molecule has 0 aliphatic rings. The smallest absolute Gasteiger partial charge is 0.148 e. The van der Waals surface area contributed by atoms with Gasteiger partial charge < -0.3 is 9.47 Å². The third-order valence-corrected chi connectivity index (χ3v) is 3.63. The predicted octanol–water partition coefficient (Wildman–Crippen LogP) is 1.44. The second kappa shape index (κ2) is 6.40. The van der Waals surface area contributed by atoms with Crippen LogP contribution in [-0.4, -0.2) is 28.1 Å². The summed E-state index contributed by atoms with van der Waals surface area (Å²) in [6.45, 7) is 11.3. The quantitative estimate of drug-likeness (QED) is 0.444. The van der Waals surface area contributed by atoms with Crippen molar-refractivity contribution in [2.45, 2.75) is 32.6 Å². The number of hydrogen-bond acceptors (Lipinski definition) is 2. The van der Waals surface area contributed by atoms with Crippen LogP contribution in [0.5, 0.6) is 0 Å². The Bertz CT molecular complexity index is 120. The normalized spacial score (nSPS) is 12.6. The molecule has 0 radical (unpaired) electrons. The lowest BCUT2D eigenvalue weighted by atomic mass is 10.4. The van der Waals surface area contributed by atoms with Gasteiger partial charge >= 0.3 is 0 Å². The van der Waals surface area contributed by atoms with Crippen molar-refractivity contribution in [2.75, 3.05) is 13.2 Å². The molecule has 0 aliphatic heterocycles. The van der Waals surface area contributed by atoms with E-state index in [4.69, 9.17) is 9.47 Å². The molecule has 0 rings (SSSR count). The Morgan fingerprint density at radius 1 is 1.25 bits per heavy atom. The van der Waals surface area contributed by atoms with Gasteiger partial charge in [0.25, 0.3) is 0 Å². The highest BCUT2D eigenvalue weighted by Gasteiger charge is 2.27. The summed E-state index contributed by atoms with van der Waals surface area (Å²) in [5.74, 6) is 0. The van der Waals surface area contributed by atoms with Crippen LogP contribution in [0.1, 0.15) is 27.2 Å². The van der Waals surface area contributed by atoms with Gasteiger partial charge in [0.05, 0.1) is 0 Å². The molecule has 0 spiro atoms. The zero-order valence-electron chi connectivity index (χ0n) is 8.43. The van der Waals surface area contributed by atoms with Gasteiger partial charge in [-0.3, -0.25) is 0 Å². The third-order valence-electron chi connectivity index (χ3n) is 1.81. The molecule has 3 heteroatoms. The van der Waals surface area contributed by atoms with Crippen molar-refractivity contribution in [3.8, 4) is 0 Å².